The summed E-state index contributed by atoms with van der Waals surface area (Å²) in [5.74, 6) is 0. The van der Waals surface area contributed by atoms with Crippen molar-refractivity contribution < 1.29 is 5.11 Å². The van der Waals surface area contributed by atoms with Gasteiger partial charge in [0.05, 0.1) is 6.61 Å². The number of benzene rings is 1. The molecule has 0 saturated heterocycles. The van der Waals surface area contributed by atoms with Crippen LogP contribution in [0.1, 0.15) is 18.4 Å². The number of halogens is 1. The third kappa shape index (κ3) is 3.54. The van der Waals surface area contributed by atoms with Gasteiger partial charge in [-0.1, -0.05) is 23.7 Å². The number of allylic oxidation sites excluding steroid dienone is 1. The van der Waals surface area contributed by atoms with Crippen LogP contribution < -0.4 is 4.90 Å². The summed E-state index contributed by atoms with van der Waals surface area (Å²) >= 11 is 6.03. The molecule has 0 aliphatic carbocycles. The van der Waals surface area contributed by atoms with Crippen molar-refractivity contribution in [3.8, 4) is 0 Å². The van der Waals surface area contributed by atoms with Crippen molar-refractivity contribution >= 4 is 17.3 Å². The first-order valence-corrected chi connectivity index (χ1v) is 5.78. The smallest absolute Gasteiger partial charge is 0.0696 e. The van der Waals surface area contributed by atoms with Crippen LogP contribution in [-0.2, 0) is 6.61 Å². The third-order valence-electron chi connectivity index (χ3n) is 2.55. The van der Waals surface area contributed by atoms with Crippen LogP contribution in [0.5, 0.6) is 0 Å². The van der Waals surface area contributed by atoms with Crippen molar-refractivity contribution in [3.05, 3.63) is 41.4 Å². The molecule has 1 rings (SSSR count). The average Bonchev–Trinajstić information content (AvgIpc) is 2.29. The molecule has 0 aliphatic heterocycles. The van der Waals surface area contributed by atoms with Gasteiger partial charge in [-0.2, -0.15) is 0 Å². The summed E-state index contributed by atoms with van der Waals surface area (Å²) in [4.78, 5) is 2.15. The zero-order valence-corrected chi connectivity index (χ0v) is 10.4. The second-order valence-corrected chi connectivity index (χ2v) is 4.19. The van der Waals surface area contributed by atoms with Crippen LogP contribution in [0.25, 0.3) is 0 Å². The molecule has 1 aromatic carbocycles. The molecule has 2 nitrogen and oxygen atoms in total. The standard InChI is InChI=1S/C13H18ClNO/c1-3-4-5-8-15(2)12-7-6-11(10-16)13(14)9-12/h3,6-7,9,16H,1,4-5,8,10H2,2H3. The molecule has 88 valence electrons. The number of anilines is 1. The highest BCUT2D eigenvalue weighted by Crippen LogP contribution is 2.23. The van der Waals surface area contributed by atoms with Crippen molar-refractivity contribution in [2.24, 2.45) is 0 Å². The van der Waals surface area contributed by atoms with Crippen LogP contribution in [0.3, 0.4) is 0 Å². The van der Waals surface area contributed by atoms with Crippen molar-refractivity contribution in [1.82, 2.24) is 0 Å². The molecule has 0 radical (unpaired) electrons. The van der Waals surface area contributed by atoms with Crippen LogP contribution in [0.15, 0.2) is 30.9 Å². The van der Waals surface area contributed by atoms with Crippen LogP contribution >= 0.6 is 11.6 Å². The van der Waals surface area contributed by atoms with E-state index in [2.05, 4.69) is 11.5 Å². The number of aliphatic hydroxyl groups excluding tert-OH is 1. The molecule has 0 aliphatic rings. The predicted molar refractivity (Wildman–Crippen MR) is 70.1 cm³/mol. The van der Waals surface area contributed by atoms with E-state index in [1.54, 1.807) is 0 Å². The van der Waals surface area contributed by atoms with Crippen molar-refractivity contribution in [1.29, 1.82) is 0 Å². The molecule has 0 atom stereocenters. The van der Waals surface area contributed by atoms with Crippen LogP contribution in [0.4, 0.5) is 5.69 Å². The van der Waals surface area contributed by atoms with Gasteiger partial charge in [0.2, 0.25) is 0 Å². The zero-order valence-electron chi connectivity index (χ0n) is 9.62. The summed E-state index contributed by atoms with van der Waals surface area (Å²) in [5.41, 5.74) is 1.84. The van der Waals surface area contributed by atoms with Gasteiger partial charge < -0.3 is 10.0 Å². The van der Waals surface area contributed by atoms with E-state index in [1.165, 1.54) is 0 Å². The largest absolute Gasteiger partial charge is 0.392 e. The lowest BCUT2D eigenvalue weighted by atomic mass is 10.2. The second-order valence-electron chi connectivity index (χ2n) is 3.79. The van der Waals surface area contributed by atoms with Crippen molar-refractivity contribution in [3.63, 3.8) is 0 Å². The van der Waals surface area contributed by atoms with Gasteiger partial charge in [0, 0.05) is 24.3 Å². The Kier molecular flexibility index (Phi) is 5.36. The zero-order chi connectivity index (χ0) is 12.0. The average molecular weight is 240 g/mol. The molecule has 1 aromatic rings. The van der Waals surface area contributed by atoms with E-state index in [0.717, 1.165) is 30.6 Å². The fourth-order valence-electron chi connectivity index (χ4n) is 1.50. The summed E-state index contributed by atoms with van der Waals surface area (Å²) in [7, 11) is 2.04. The van der Waals surface area contributed by atoms with Gasteiger partial charge in [-0.15, -0.1) is 6.58 Å². The molecule has 1 N–H and O–H groups in total. The van der Waals surface area contributed by atoms with E-state index in [1.807, 2.05) is 31.3 Å². The lowest BCUT2D eigenvalue weighted by Gasteiger charge is -2.19. The monoisotopic (exact) mass is 239 g/mol. The van der Waals surface area contributed by atoms with Gasteiger partial charge in [-0.3, -0.25) is 0 Å². The Hall–Kier alpha value is -0.990. The Bertz CT molecular complexity index is 352. The first-order chi connectivity index (χ1) is 7.69. The van der Waals surface area contributed by atoms with Gasteiger partial charge in [0.1, 0.15) is 0 Å². The van der Waals surface area contributed by atoms with E-state index in [9.17, 15) is 0 Å². The lowest BCUT2D eigenvalue weighted by Crippen LogP contribution is -2.18. The Morgan fingerprint density at radius 2 is 2.25 bits per heavy atom. The Balaban J connectivity index is 2.65. The molecule has 0 bridgehead atoms. The van der Waals surface area contributed by atoms with Crippen LogP contribution in [0, 0.1) is 0 Å². The lowest BCUT2D eigenvalue weighted by molar-refractivity contribution is 0.282. The topological polar surface area (TPSA) is 23.5 Å². The molecule has 0 aromatic heterocycles. The second kappa shape index (κ2) is 6.56. The van der Waals surface area contributed by atoms with Crippen LogP contribution in [-0.4, -0.2) is 18.7 Å². The molecular weight excluding hydrogens is 222 g/mol. The number of hydrogen-bond acceptors (Lipinski definition) is 2. The SMILES string of the molecule is C=CCCCN(C)c1ccc(CO)c(Cl)c1. The third-order valence-corrected chi connectivity index (χ3v) is 2.90. The fourth-order valence-corrected chi connectivity index (χ4v) is 1.74. The summed E-state index contributed by atoms with van der Waals surface area (Å²) in [6, 6.07) is 5.73. The highest BCUT2D eigenvalue weighted by atomic mass is 35.5. The molecule has 0 heterocycles. The number of rotatable bonds is 6. The molecular formula is C13H18ClNO. The predicted octanol–water partition coefficient (Wildman–Crippen LogP) is 3.23. The van der Waals surface area contributed by atoms with Crippen LogP contribution in [0.2, 0.25) is 5.02 Å². The molecule has 0 saturated carbocycles. The van der Waals surface area contributed by atoms with E-state index in [4.69, 9.17) is 16.7 Å². The fraction of sp³-hybridized carbons (Fsp3) is 0.385. The maximum absolute atomic E-state index is 9.01. The molecule has 0 amide bonds. The minimum Gasteiger partial charge on any atom is -0.392 e. The minimum absolute atomic E-state index is 0.0146. The molecule has 16 heavy (non-hydrogen) atoms. The van der Waals surface area contributed by atoms with Gasteiger partial charge in [-0.25, -0.2) is 0 Å². The normalized spacial score (nSPS) is 10.2. The summed E-state index contributed by atoms with van der Waals surface area (Å²) in [6.45, 7) is 4.66. The van der Waals surface area contributed by atoms with Crippen molar-refractivity contribution in [2.75, 3.05) is 18.5 Å². The highest BCUT2D eigenvalue weighted by molar-refractivity contribution is 6.31. The molecule has 3 heteroatoms. The maximum Gasteiger partial charge on any atom is 0.0696 e. The Morgan fingerprint density at radius 3 is 2.81 bits per heavy atom. The number of hydrogen-bond donors (Lipinski definition) is 1. The molecule has 0 unspecified atom stereocenters. The minimum atomic E-state index is -0.0146. The first kappa shape index (κ1) is 13.1. The van der Waals surface area contributed by atoms with Gasteiger partial charge in [-0.05, 0) is 30.5 Å². The molecule has 0 spiro atoms. The highest BCUT2D eigenvalue weighted by Gasteiger charge is 2.04. The Morgan fingerprint density at radius 1 is 1.50 bits per heavy atom. The molecule has 0 fully saturated rings. The van der Waals surface area contributed by atoms with Gasteiger partial charge in [0.25, 0.3) is 0 Å². The van der Waals surface area contributed by atoms with E-state index >= 15 is 0 Å². The summed E-state index contributed by atoms with van der Waals surface area (Å²) in [5, 5.41) is 9.63. The van der Waals surface area contributed by atoms with Crippen molar-refractivity contribution in [2.45, 2.75) is 19.4 Å². The number of nitrogens with zero attached hydrogens (tertiary/aromatic N) is 1. The van der Waals surface area contributed by atoms with Gasteiger partial charge in [0.15, 0.2) is 0 Å². The Labute approximate surface area is 102 Å². The summed E-state index contributed by atoms with van der Waals surface area (Å²) in [6.07, 6.45) is 4.03. The van der Waals surface area contributed by atoms with E-state index < -0.39 is 0 Å². The van der Waals surface area contributed by atoms with Gasteiger partial charge >= 0.3 is 0 Å². The first-order valence-electron chi connectivity index (χ1n) is 5.40. The number of unbranched alkanes of at least 4 members (excludes halogenated alkanes) is 1. The number of aliphatic hydroxyl groups is 1. The quantitative estimate of drug-likeness (QED) is 0.609. The summed E-state index contributed by atoms with van der Waals surface area (Å²) < 4.78 is 0. The maximum atomic E-state index is 9.01. The van der Waals surface area contributed by atoms with E-state index in [0.29, 0.717) is 5.02 Å². The van der Waals surface area contributed by atoms with E-state index in [-0.39, 0.29) is 6.61 Å².